The van der Waals surface area contributed by atoms with Crippen LogP contribution in [0.3, 0.4) is 0 Å². The minimum Gasteiger partial charge on any atom is -0.356 e. The Kier molecular flexibility index (Phi) is 5.89. The maximum absolute atomic E-state index is 13.0. The van der Waals surface area contributed by atoms with Gasteiger partial charge in [0.25, 0.3) is 5.91 Å². The average molecular weight is 373 g/mol. The van der Waals surface area contributed by atoms with Gasteiger partial charge >= 0.3 is 0 Å². The molecule has 2 aliphatic rings. The first kappa shape index (κ1) is 19.9. The second kappa shape index (κ2) is 8.01. The first-order chi connectivity index (χ1) is 12.8. The van der Waals surface area contributed by atoms with Gasteiger partial charge in [0.2, 0.25) is 5.91 Å². The molecule has 1 aromatic carbocycles. The summed E-state index contributed by atoms with van der Waals surface area (Å²) >= 11 is 0. The quantitative estimate of drug-likeness (QED) is 0.834. The van der Waals surface area contributed by atoms with Crippen molar-refractivity contribution in [3.05, 3.63) is 35.4 Å². The Morgan fingerprint density at radius 2 is 2.04 bits per heavy atom. The van der Waals surface area contributed by atoms with E-state index in [0.29, 0.717) is 12.5 Å². The zero-order valence-electron chi connectivity index (χ0n) is 17.0. The lowest BCUT2D eigenvalue weighted by atomic mass is 9.64. The number of amides is 2. The van der Waals surface area contributed by atoms with Gasteiger partial charge in [0, 0.05) is 13.6 Å². The molecule has 0 radical (unpaired) electrons. The molecule has 148 valence electrons. The van der Waals surface area contributed by atoms with Gasteiger partial charge in [0.15, 0.2) is 6.10 Å². The molecule has 27 heavy (non-hydrogen) atoms. The minimum absolute atomic E-state index is 0.0475. The van der Waals surface area contributed by atoms with Crippen molar-refractivity contribution in [1.29, 1.82) is 0 Å². The monoisotopic (exact) mass is 372 g/mol. The molecule has 1 heterocycles. The third-order valence-electron chi connectivity index (χ3n) is 6.14. The Bertz CT molecular complexity index is 697. The number of benzene rings is 1. The largest absolute Gasteiger partial charge is 0.356 e. The number of nitrogens with zero attached hydrogens (tertiary/aromatic N) is 1. The molecule has 1 aromatic rings. The maximum Gasteiger partial charge on any atom is 0.251 e. The second-order valence-corrected chi connectivity index (χ2v) is 8.71. The van der Waals surface area contributed by atoms with Crippen molar-refractivity contribution in [2.75, 3.05) is 20.2 Å². The summed E-state index contributed by atoms with van der Waals surface area (Å²) in [6.45, 7) is 7.13. The normalized spacial score (nSPS) is 24.6. The van der Waals surface area contributed by atoms with Crippen LogP contribution in [0.15, 0.2) is 24.3 Å². The van der Waals surface area contributed by atoms with E-state index in [-0.39, 0.29) is 23.8 Å². The predicted molar refractivity (Wildman–Crippen MR) is 105 cm³/mol. The van der Waals surface area contributed by atoms with E-state index >= 15 is 0 Å². The van der Waals surface area contributed by atoms with E-state index in [9.17, 15) is 9.59 Å². The van der Waals surface area contributed by atoms with E-state index < -0.39 is 12.1 Å². The summed E-state index contributed by atoms with van der Waals surface area (Å²) < 4.78 is 5.74. The predicted octanol–water partition coefficient (Wildman–Crippen LogP) is 3.23. The standard InChI is InChI=1S/C22H32N2O3/c1-15(2)12-22(10-7-11-22)14-23-21(26)20-19(24(4)18(25)13-27-20)17-9-6-5-8-16(17)3/h5-6,8-9,15,19-20H,7,10-14H2,1-4H3,(H,23,26)/t19-,20+/m1/s1. The summed E-state index contributed by atoms with van der Waals surface area (Å²) in [5.74, 6) is 0.414. The number of aryl methyl sites for hydroxylation is 1. The maximum atomic E-state index is 13.0. The molecular formula is C22H32N2O3. The summed E-state index contributed by atoms with van der Waals surface area (Å²) in [5.41, 5.74) is 2.26. The molecule has 5 nitrogen and oxygen atoms in total. The van der Waals surface area contributed by atoms with Gasteiger partial charge in [0.1, 0.15) is 6.61 Å². The number of ether oxygens (including phenoxy) is 1. The summed E-state index contributed by atoms with van der Waals surface area (Å²) in [6.07, 6.45) is 4.06. The molecule has 1 N–H and O–H groups in total. The van der Waals surface area contributed by atoms with Crippen LogP contribution in [0.25, 0.3) is 0 Å². The highest BCUT2D eigenvalue weighted by Gasteiger charge is 2.42. The Morgan fingerprint density at radius 1 is 1.33 bits per heavy atom. The Labute approximate surface area is 162 Å². The molecule has 0 aromatic heterocycles. The van der Waals surface area contributed by atoms with Crippen LogP contribution in [0.4, 0.5) is 0 Å². The molecular weight excluding hydrogens is 340 g/mol. The van der Waals surface area contributed by atoms with E-state index in [1.807, 2.05) is 31.2 Å². The molecule has 3 rings (SSSR count). The summed E-state index contributed by atoms with van der Waals surface area (Å²) in [7, 11) is 1.76. The molecule has 5 heteroatoms. The van der Waals surface area contributed by atoms with E-state index in [4.69, 9.17) is 4.74 Å². The first-order valence-electron chi connectivity index (χ1n) is 10.0. The highest BCUT2D eigenvalue weighted by molar-refractivity contribution is 5.86. The lowest BCUT2D eigenvalue weighted by Crippen LogP contribution is -2.54. The molecule has 0 spiro atoms. The molecule has 0 bridgehead atoms. The lowest BCUT2D eigenvalue weighted by molar-refractivity contribution is -0.162. The van der Waals surface area contributed by atoms with Crippen LogP contribution in [0.2, 0.25) is 0 Å². The fourth-order valence-corrected chi connectivity index (χ4v) is 4.59. The fraction of sp³-hybridized carbons (Fsp3) is 0.636. The van der Waals surface area contributed by atoms with Gasteiger partial charge in [-0.25, -0.2) is 0 Å². The van der Waals surface area contributed by atoms with Gasteiger partial charge in [-0.3, -0.25) is 9.59 Å². The molecule has 2 fully saturated rings. The summed E-state index contributed by atoms with van der Waals surface area (Å²) in [5, 5.41) is 3.15. The van der Waals surface area contributed by atoms with Gasteiger partial charge in [-0.05, 0) is 48.6 Å². The zero-order valence-corrected chi connectivity index (χ0v) is 17.0. The van der Waals surface area contributed by atoms with Crippen molar-refractivity contribution in [2.45, 2.75) is 58.6 Å². The molecule has 1 aliphatic heterocycles. The molecule has 2 atom stereocenters. The van der Waals surface area contributed by atoms with Gasteiger partial charge in [0.05, 0.1) is 6.04 Å². The number of rotatable bonds is 6. The van der Waals surface area contributed by atoms with Crippen molar-refractivity contribution in [1.82, 2.24) is 10.2 Å². The highest BCUT2D eigenvalue weighted by Crippen LogP contribution is 2.45. The Morgan fingerprint density at radius 3 is 2.63 bits per heavy atom. The number of morpholine rings is 1. The van der Waals surface area contributed by atoms with E-state index in [1.165, 1.54) is 19.3 Å². The minimum atomic E-state index is -0.676. The van der Waals surface area contributed by atoms with Crippen LogP contribution in [-0.4, -0.2) is 43.0 Å². The number of carbonyl (C=O) groups excluding carboxylic acids is 2. The van der Waals surface area contributed by atoms with E-state index in [0.717, 1.165) is 17.5 Å². The van der Waals surface area contributed by atoms with Crippen molar-refractivity contribution in [3.8, 4) is 0 Å². The molecule has 2 amide bonds. The van der Waals surface area contributed by atoms with Crippen LogP contribution in [0, 0.1) is 18.3 Å². The number of carbonyl (C=O) groups is 2. The molecule has 1 aliphatic carbocycles. The van der Waals surface area contributed by atoms with Crippen molar-refractivity contribution in [2.24, 2.45) is 11.3 Å². The van der Waals surface area contributed by atoms with Crippen molar-refractivity contribution >= 4 is 11.8 Å². The third-order valence-corrected chi connectivity index (χ3v) is 6.14. The highest BCUT2D eigenvalue weighted by atomic mass is 16.5. The smallest absolute Gasteiger partial charge is 0.251 e. The van der Waals surface area contributed by atoms with E-state index in [1.54, 1.807) is 11.9 Å². The SMILES string of the molecule is Cc1ccccc1[C@@H]1[C@@H](C(=O)NCC2(CC(C)C)CCC2)OCC(=O)N1C. The lowest BCUT2D eigenvalue weighted by Gasteiger charge is -2.44. The number of nitrogens with one attached hydrogen (secondary N) is 1. The second-order valence-electron chi connectivity index (χ2n) is 8.71. The van der Waals surface area contributed by atoms with Gasteiger partial charge < -0.3 is 15.0 Å². The van der Waals surface area contributed by atoms with Crippen molar-refractivity contribution in [3.63, 3.8) is 0 Å². The van der Waals surface area contributed by atoms with Gasteiger partial charge in [-0.1, -0.05) is 44.5 Å². The van der Waals surface area contributed by atoms with Crippen LogP contribution in [-0.2, 0) is 14.3 Å². The average Bonchev–Trinajstić information content (AvgIpc) is 2.59. The summed E-state index contributed by atoms with van der Waals surface area (Å²) in [4.78, 5) is 26.9. The van der Waals surface area contributed by atoms with Gasteiger partial charge in [-0.2, -0.15) is 0 Å². The van der Waals surface area contributed by atoms with Crippen LogP contribution >= 0.6 is 0 Å². The van der Waals surface area contributed by atoms with Crippen LogP contribution < -0.4 is 5.32 Å². The number of hydrogen-bond acceptors (Lipinski definition) is 3. The van der Waals surface area contributed by atoms with Crippen molar-refractivity contribution < 1.29 is 14.3 Å². The topological polar surface area (TPSA) is 58.6 Å². The summed E-state index contributed by atoms with van der Waals surface area (Å²) in [6, 6.07) is 7.49. The van der Waals surface area contributed by atoms with Crippen LogP contribution in [0.5, 0.6) is 0 Å². The Balaban J connectivity index is 1.75. The molecule has 0 unspecified atom stereocenters. The van der Waals surface area contributed by atoms with Gasteiger partial charge in [-0.15, -0.1) is 0 Å². The fourth-order valence-electron chi connectivity index (χ4n) is 4.59. The third kappa shape index (κ3) is 4.18. The first-order valence-corrected chi connectivity index (χ1v) is 10.0. The number of hydrogen-bond donors (Lipinski definition) is 1. The molecule has 1 saturated heterocycles. The van der Waals surface area contributed by atoms with E-state index in [2.05, 4.69) is 19.2 Å². The molecule has 1 saturated carbocycles. The zero-order chi connectivity index (χ0) is 19.6. The van der Waals surface area contributed by atoms with Crippen LogP contribution in [0.1, 0.15) is 56.7 Å². The Hall–Kier alpha value is -1.88. The number of likely N-dealkylation sites (N-methyl/N-ethyl adjacent to an activating group) is 1.